The van der Waals surface area contributed by atoms with Gasteiger partial charge in [-0.1, -0.05) is 52.9 Å². The van der Waals surface area contributed by atoms with Crippen LogP contribution >= 0.6 is 0 Å². The molecule has 0 aromatic carbocycles. The van der Waals surface area contributed by atoms with Crippen LogP contribution in [0.25, 0.3) is 0 Å². The Morgan fingerprint density at radius 2 is 1.41 bits per heavy atom. The SMILES string of the molecule is CCCC(CC)CCC.Cc1cnc(C)nc1. The first-order valence-corrected chi connectivity index (χ1v) is 6.89. The molecule has 0 fully saturated rings. The molecule has 0 atom stereocenters. The normalized spacial score (nSPS) is 10.0. The van der Waals surface area contributed by atoms with Crippen LogP contribution in [0.2, 0.25) is 0 Å². The summed E-state index contributed by atoms with van der Waals surface area (Å²) in [5, 5.41) is 0. The molecule has 1 heterocycles. The maximum atomic E-state index is 3.97. The van der Waals surface area contributed by atoms with Crippen molar-refractivity contribution in [2.24, 2.45) is 5.92 Å². The minimum Gasteiger partial charge on any atom is -0.241 e. The fraction of sp³-hybridized carbons (Fsp3) is 0.733. The second-order valence-corrected chi connectivity index (χ2v) is 4.66. The lowest BCUT2D eigenvalue weighted by molar-refractivity contribution is 0.427. The Labute approximate surface area is 107 Å². The van der Waals surface area contributed by atoms with Gasteiger partial charge in [-0.15, -0.1) is 0 Å². The molecule has 1 aromatic rings. The van der Waals surface area contributed by atoms with Crippen molar-refractivity contribution in [1.82, 2.24) is 9.97 Å². The summed E-state index contributed by atoms with van der Waals surface area (Å²) in [5.41, 5.74) is 1.11. The molecular weight excluding hydrogens is 208 g/mol. The van der Waals surface area contributed by atoms with E-state index in [9.17, 15) is 0 Å². The van der Waals surface area contributed by atoms with E-state index in [-0.39, 0.29) is 0 Å². The largest absolute Gasteiger partial charge is 0.241 e. The Morgan fingerprint density at radius 3 is 1.71 bits per heavy atom. The van der Waals surface area contributed by atoms with Gasteiger partial charge in [-0.25, -0.2) is 9.97 Å². The van der Waals surface area contributed by atoms with Gasteiger partial charge in [0.1, 0.15) is 5.82 Å². The molecule has 0 spiro atoms. The highest BCUT2D eigenvalue weighted by atomic mass is 14.8. The first-order chi connectivity index (χ1) is 8.13. The number of aryl methyl sites for hydroxylation is 2. The van der Waals surface area contributed by atoms with Crippen molar-refractivity contribution in [1.29, 1.82) is 0 Å². The smallest absolute Gasteiger partial charge is 0.125 e. The number of hydrogen-bond donors (Lipinski definition) is 0. The van der Waals surface area contributed by atoms with Crippen molar-refractivity contribution >= 4 is 0 Å². The van der Waals surface area contributed by atoms with Crippen molar-refractivity contribution in [2.75, 3.05) is 0 Å². The molecule has 0 unspecified atom stereocenters. The van der Waals surface area contributed by atoms with Gasteiger partial charge < -0.3 is 0 Å². The third kappa shape index (κ3) is 8.84. The summed E-state index contributed by atoms with van der Waals surface area (Å²) < 4.78 is 0. The Balaban J connectivity index is 0.000000302. The fourth-order valence-electron chi connectivity index (χ4n) is 1.83. The maximum absolute atomic E-state index is 3.97. The first-order valence-electron chi connectivity index (χ1n) is 6.89. The molecule has 17 heavy (non-hydrogen) atoms. The monoisotopic (exact) mass is 236 g/mol. The third-order valence-corrected chi connectivity index (χ3v) is 2.88. The predicted molar refractivity (Wildman–Crippen MR) is 75.1 cm³/mol. The van der Waals surface area contributed by atoms with E-state index in [1.54, 1.807) is 0 Å². The molecule has 0 amide bonds. The first kappa shape index (κ1) is 16.1. The molecule has 2 nitrogen and oxygen atoms in total. The zero-order chi connectivity index (χ0) is 13.1. The van der Waals surface area contributed by atoms with Crippen LogP contribution in [0, 0.1) is 19.8 Å². The number of nitrogens with zero attached hydrogens (tertiary/aromatic N) is 2. The lowest BCUT2D eigenvalue weighted by atomic mass is 9.96. The van der Waals surface area contributed by atoms with Crippen LogP contribution < -0.4 is 0 Å². The Hall–Kier alpha value is -0.920. The lowest BCUT2D eigenvalue weighted by Gasteiger charge is -2.10. The van der Waals surface area contributed by atoms with Crippen LogP contribution in [0.5, 0.6) is 0 Å². The highest BCUT2D eigenvalue weighted by molar-refractivity contribution is 5.00. The van der Waals surface area contributed by atoms with E-state index < -0.39 is 0 Å². The molecule has 0 saturated heterocycles. The minimum absolute atomic E-state index is 0.829. The Bertz CT molecular complexity index is 240. The molecule has 0 aliphatic rings. The van der Waals surface area contributed by atoms with Crippen molar-refractivity contribution in [3.8, 4) is 0 Å². The molecule has 0 aliphatic heterocycles. The molecule has 0 aliphatic carbocycles. The van der Waals surface area contributed by atoms with Crippen molar-refractivity contribution in [2.45, 2.75) is 66.7 Å². The molecule has 98 valence electrons. The van der Waals surface area contributed by atoms with Crippen LogP contribution in [-0.4, -0.2) is 9.97 Å². The van der Waals surface area contributed by atoms with Gasteiger partial charge in [-0.05, 0) is 25.3 Å². The van der Waals surface area contributed by atoms with E-state index in [1.165, 1.54) is 32.1 Å². The standard InChI is InChI=1S/C9H20.C6H8N2/c1-4-7-9(6-3)8-5-2;1-5-3-7-6(2)8-4-5/h9H,4-8H2,1-3H3;3-4H,1-2H3. The second kappa shape index (κ2) is 10.2. The van der Waals surface area contributed by atoms with Gasteiger partial charge in [0.05, 0.1) is 0 Å². The zero-order valence-electron chi connectivity index (χ0n) is 12.2. The molecule has 2 heteroatoms. The van der Waals surface area contributed by atoms with Crippen LogP contribution in [-0.2, 0) is 0 Å². The Morgan fingerprint density at radius 1 is 0.941 bits per heavy atom. The number of aromatic nitrogens is 2. The quantitative estimate of drug-likeness (QED) is 0.740. The summed E-state index contributed by atoms with van der Waals surface area (Å²) in [7, 11) is 0. The van der Waals surface area contributed by atoms with Gasteiger partial charge in [0.2, 0.25) is 0 Å². The third-order valence-electron chi connectivity index (χ3n) is 2.88. The Kier molecular flexibility index (Phi) is 9.69. The van der Waals surface area contributed by atoms with Crippen molar-refractivity contribution in [3.05, 3.63) is 23.8 Å². The van der Waals surface area contributed by atoms with Crippen molar-refractivity contribution < 1.29 is 0 Å². The average molecular weight is 236 g/mol. The molecule has 0 bridgehead atoms. The molecule has 0 saturated carbocycles. The van der Waals surface area contributed by atoms with E-state index in [4.69, 9.17) is 0 Å². The van der Waals surface area contributed by atoms with Gasteiger partial charge >= 0.3 is 0 Å². The molecular formula is C15H28N2. The summed E-state index contributed by atoms with van der Waals surface area (Å²) in [5.74, 6) is 1.84. The van der Waals surface area contributed by atoms with Gasteiger partial charge in [-0.3, -0.25) is 0 Å². The summed E-state index contributed by atoms with van der Waals surface area (Å²) >= 11 is 0. The van der Waals surface area contributed by atoms with Crippen LogP contribution in [0.15, 0.2) is 12.4 Å². The molecule has 1 aromatic heterocycles. The average Bonchev–Trinajstić information content (AvgIpc) is 2.33. The van der Waals surface area contributed by atoms with E-state index in [2.05, 4.69) is 30.7 Å². The molecule has 1 rings (SSSR count). The highest BCUT2D eigenvalue weighted by Crippen LogP contribution is 2.16. The van der Waals surface area contributed by atoms with E-state index in [0.29, 0.717) is 0 Å². The molecule has 0 radical (unpaired) electrons. The van der Waals surface area contributed by atoms with Gasteiger partial charge in [0, 0.05) is 12.4 Å². The van der Waals surface area contributed by atoms with E-state index in [0.717, 1.165) is 17.3 Å². The lowest BCUT2D eigenvalue weighted by Crippen LogP contribution is -1.96. The minimum atomic E-state index is 0.829. The van der Waals surface area contributed by atoms with E-state index >= 15 is 0 Å². The maximum Gasteiger partial charge on any atom is 0.125 e. The summed E-state index contributed by atoms with van der Waals surface area (Å²) in [4.78, 5) is 7.94. The zero-order valence-corrected chi connectivity index (χ0v) is 12.2. The summed E-state index contributed by atoms with van der Waals surface area (Å²) in [6, 6.07) is 0. The fourth-order valence-corrected chi connectivity index (χ4v) is 1.83. The number of hydrogen-bond acceptors (Lipinski definition) is 2. The predicted octanol–water partition coefficient (Wildman–Crippen LogP) is 4.71. The number of rotatable bonds is 5. The van der Waals surface area contributed by atoms with Gasteiger partial charge in [-0.2, -0.15) is 0 Å². The van der Waals surface area contributed by atoms with Crippen LogP contribution in [0.3, 0.4) is 0 Å². The summed E-state index contributed by atoms with van der Waals surface area (Å²) in [6.45, 7) is 10.7. The van der Waals surface area contributed by atoms with Gasteiger partial charge in [0.25, 0.3) is 0 Å². The summed E-state index contributed by atoms with van der Waals surface area (Å²) in [6.07, 6.45) is 10.6. The van der Waals surface area contributed by atoms with Crippen LogP contribution in [0.4, 0.5) is 0 Å². The van der Waals surface area contributed by atoms with Crippen LogP contribution in [0.1, 0.15) is 64.3 Å². The topological polar surface area (TPSA) is 25.8 Å². The van der Waals surface area contributed by atoms with Crippen molar-refractivity contribution in [3.63, 3.8) is 0 Å². The second-order valence-electron chi connectivity index (χ2n) is 4.66. The molecule has 0 N–H and O–H groups in total. The highest BCUT2D eigenvalue weighted by Gasteiger charge is 2.01. The van der Waals surface area contributed by atoms with Gasteiger partial charge in [0.15, 0.2) is 0 Å². The van der Waals surface area contributed by atoms with E-state index in [1.807, 2.05) is 26.2 Å².